The standard InChI is InChI=1S/C24H24Br2N2O8S2/c1-2-16(12-24-28(15-38(32,33)34)20-14-18(26)6-8-22(20)36-24)11-23-27(9-3-4-10-37(29,30)31)19-13-17(25)5-7-21(19)35-23/h5-8,11-14H,2-4,9-10,15H2,1H3,(H-,29,30,31,32,33,34). The minimum Gasteiger partial charge on any atom is -0.743 e. The van der Waals surface area contributed by atoms with Crippen molar-refractivity contribution in [3.8, 4) is 5.75 Å². The number of benzene rings is 2. The minimum atomic E-state index is -4.62. The Morgan fingerprint density at radius 3 is 2.50 bits per heavy atom. The van der Waals surface area contributed by atoms with E-state index in [1.165, 1.54) is 4.57 Å². The predicted molar refractivity (Wildman–Crippen MR) is 148 cm³/mol. The Kier molecular flexibility index (Phi) is 8.69. The zero-order valence-corrected chi connectivity index (χ0v) is 24.9. The molecular weight excluding hydrogens is 668 g/mol. The van der Waals surface area contributed by atoms with Crippen LogP contribution in [-0.2, 0) is 26.1 Å². The zero-order valence-electron chi connectivity index (χ0n) is 20.1. The van der Waals surface area contributed by atoms with Crippen LogP contribution in [0.4, 0.5) is 5.69 Å². The zero-order chi connectivity index (χ0) is 27.7. The lowest BCUT2D eigenvalue weighted by Crippen LogP contribution is -2.39. The van der Waals surface area contributed by atoms with Crippen LogP contribution in [0.5, 0.6) is 5.75 Å². The molecule has 0 amide bonds. The van der Waals surface area contributed by atoms with E-state index in [1.54, 1.807) is 30.4 Å². The molecule has 2 heterocycles. The second-order valence-electron chi connectivity index (χ2n) is 8.58. The van der Waals surface area contributed by atoms with Gasteiger partial charge in [0.25, 0.3) is 15.6 Å². The monoisotopic (exact) mass is 690 g/mol. The molecule has 0 saturated heterocycles. The highest BCUT2D eigenvalue weighted by Gasteiger charge is 2.28. The molecule has 0 spiro atoms. The van der Waals surface area contributed by atoms with Crippen LogP contribution in [0.2, 0.25) is 0 Å². The second kappa shape index (κ2) is 11.5. The van der Waals surface area contributed by atoms with Crippen molar-refractivity contribution in [2.75, 3.05) is 17.2 Å². The van der Waals surface area contributed by atoms with Crippen molar-refractivity contribution in [3.05, 3.63) is 68.8 Å². The maximum atomic E-state index is 11.7. The average molecular weight is 692 g/mol. The van der Waals surface area contributed by atoms with Gasteiger partial charge in [-0.1, -0.05) is 38.8 Å². The number of oxazole rings is 1. The molecule has 0 radical (unpaired) electrons. The third-order valence-corrected chi connectivity index (χ3v) is 8.10. The van der Waals surface area contributed by atoms with Gasteiger partial charge in [0.15, 0.2) is 15.9 Å². The molecule has 0 fully saturated rings. The number of nitrogens with zero attached hydrogens (tertiary/aromatic N) is 2. The fraction of sp³-hybridized carbons (Fsp3) is 0.292. The number of allylic oxidation sites excluding steroid dienone is 2. The molecule has 204 valence electrons. The Labute approximate surface area is 237 Å². The van der Waals surface area contributed by atoms with E-state index in [1.807, 2.05) is 30.0 Å². The molecule has 38 heavy (non-hydrogen) atoms. The van der Waals surface area contributed by atoms with Gasteiger partial charge in [-0.15, -0.1) is 4.57 Å². The Morgan fingerprint density at radius 2 is 1.82 bits per heavy atom. The number of halogens is 2. The first-order valence-corrected chi connectivity index (χ1v) is 16.3. The van der Waals surface area contributed by atoms with Gasteiger partial charge in [0.05, 0.1) is 17.5 Å². The molecule has 10 nitrogen and oxygen atoms in total. The number of ether oxygens (including phenoxy) is 1. The first-order chi connectivity index (χ1) is 17.8. The maximum Gasteiger partial charge on any atom is 0.375 e. The minimum absolute atomic E-state index is 0.184. The summed E-state index contributed by atoms with van der Waals surface area (Å²) >= 11 is 6.82. The summed E-state index contributed by atoms with van der Waals surface area (Å²) < 4.78 is 81.1. The number of rotatable bonds is 10. The lowest BCUT2D eigenvalue weighted by Gasteiger charge is -2.18. The van der Waals surface area contributed by atoms with Crippen molar-refractivity contribution in [1.29, 1.82) is 0 Å². The molecule has 1 aromatic heterocycles. The van der Waals surface area contributed by atoms with E-state index in [9.17, 15) is 21.4 Å². The largest absolute Gasteiger partial charge is 0.743 e. The maximum absolute atomic E-state index is 11.7. The van der Waals surface area contributed by atoms with Crippen LogP contribution in [-0.4, -0.2) is 38.2 Å². The van der Waals surface area contributed by atoms with Crippen molar-refractivity contribution >= 4 is 75.0 Å². The fourth-order valence-electron chi connectivity index (χ4n) is 4.00. The van der Waals surface area contributed by atoms with Crippen LogP contribution in [0.3, 0.4) is 0 Å². The van der Waals surface area contributed by atoms with E-state index in [0.717, 1.165) is 15.7 Å². The van der Waals surface area contributed by atoms with Crippen molar-refractivity contribution in [2.45, 2.75) is 32.1 Å². The number of hydrogen-bond donors (Lipinski definition) is 1. The highest BCUT2D eigenvalue weighted by Crippen LogP contribution is 2.41. The fourth-order valence-corrected chi connectivity index (χ4v) is 5.85. The molecule has 14 heteroatoms. The van der Waals surface area contributed by atoms with Crippen LogP contribution in [0, 0.1) is 0 Å². The summed E-state index contributed by atoms with van der Waals surface area (Å²) in [6.07, 6.45) is 4.70. The van der Waals surface area contributed by atoms with Gasteiger partial charge in [0, 0.05) is 27.6 Å². The summed E-state index contributed by atoms with van der Waals surface area (Å²) in [5.41, 5.74) is 2.38. The lowest BCUT2D eigenvalue weighted by atomic mass is 10.1. The van der Waals surface area contributed by atoms with E-state index in [4.69, 9.17) is 13.7 Å². The molecule has 1 N–H and O–H groups in total. The topological polar surface area (TPSA) is 141 Å². The van der Waals surface area contributed by atoms with Gasteiger partial charge >= 0.3 is 5.89 Å². The first-order valence-electron chi connectivity index (χ1n) is 11.5. The third-order valence-electron chi connectivity index (χ3n) is 5.73. The third kappa shape index (κ3) is 7.24. The molecule has 4 rings (SSSR count). The number of aromatic nitrogens is 1. The predicted octanol–water partition coefficient (Wildman–Crippen LogP) is 4.95. The van der Waals surface area contributed by atoms with Crippen molar-refractivity contribution in [1.82, 2.24) is 0 Å². The Hall–Kier alpha value is -2.23. The van der Waals surface area contributed by atoms with Crippen LogP contribution in [0.15, 0.2) is 67.3 Å². The highest BCUT2D eigenvalue weighted by atomic mass is 79.9. The number of fused-ring (bicyclic) bond motifs is 2. The van der Waals surface area contributed by atoms with E-state index in [-0.39, 0.29) is 18.1 Å². The summed E-state index contributed by atoms with van der Waals surface area (Å²) in [5, 5.41) is 0. The lowest BCUT2D eigenvalue weighted by molar-refractivity contribution is -0.658. The number of anilines is 1. The van der Waals surface area contributed by atoms with Crippen molar-refractivity contribution in [3.63, 3.8) is 0 Å². The number of hydrogen-bond acceptors (Lipinski definition) is 8. The molecule has 0 atom stereocenters. The Balaban J connectivity index is 1.72. The van der Waals surface area contributed by atoms with Gasteiger partial charge in [-0.25, -0.2) is 8.42 Å². The summed E-state index contributed by atoms with van der Waals surface area (Å²) in [5.74, 6) is 0.151. The van der Waals surface area contributed by atoms with E-state index in [2.05, 4.69) is 31.9 Å². The molecule has 0 unspecified atom stereocenters. The average Bonchev–Trinajstić information content (AvgIpc) is 3.31. The molecular formula is C24H24Br2N2O8S2. The molecule has 2 aromatic carbocycles. The summed E-state index contributed by atoms with van der Waals surface area (Å²) in [4.78, 5) is 1.90. The van der Waals surface area contributed by atoms with E-state index < -0.39 is 26.1 Å². The van der Waals surface area contributed by atoms with Crippen molar-refractivity contribution in [2.24, 2.45) is 0 Å². The molecule has 0 saturated carbocycles. The van der Waals surface area contributed by atoms with Crippen LogP contribution in [0.25, 0.3) is 17.2 Å². The van der Waals surface area contributed by atoms with Gasteiger partial charge in [-0.2, -0.15) is 8.42 Å². The van der Waals surface area contributed by atoms with Crippen LogP contribution >= 0.6 is 31.9 Å². The smallest absolute Gasteiger partial charge is 0.375 e. The van der Waals surface area contributed by atoms with Gasteiger partial charge in [0.2, 0.25) is 17.3 Å². The van der Waals surface area contributed by atoms with Gasteiger partial charge in [-0.05, 0) is 55.2 Å². The highest BCUT2D eigenvalue weighted by molar-refractivity contribution is 9.10. The summed E-state index contributed by atoms with van der Waals surface area (Å²) in [7, 11) is -8.67. The van der Waals surface area contributed by atoms with Gasteiger partial charge in [-0.3, -0.25) is 4.55 Å². The molecule has 0 aliphatic carbocycles. The van der Waals surface area contributed by atoms with Crippen molar-refractivity contribution < 1.29 is 39.7 Å². The molecule has 0 bridgehead atoms. The van der Waals surface area contributed by atoms with Crippen LogP contribution in [0.1, 0.15) is 32.1 Å². The Morgan fingerprint density at radius 1 is 1.11 bits per heavy atom. The quantitative estimate of drug-likeness (QED) is 0.178. The summed E-state index contributed by atoms with van der Waals surface area (Å²) in [6.45, 7) is 2.33. The normalized spacial score (nSPS) is 15.3. The molecule has 1 aliphatic rings. The SMILES string of the molecule is CCC(=Cc1oc2ccc(Br)cc2[n+]1CS(=O)(=O)[O-])C=C1Oc2ccc(Br)cc2N1CCCCS(=O)(=O)O. The second-order valence-corrected chi connectivity index (χ2v) is 13.4. The van der Waals surface area contributed by atoms with Crippen LogP contribution < -0.4 is 14.2 Å². The van der Waals surface area contributed by atoms with E-state index >= 15 is 0 Å². The Bertz CT molecular complexity index is 1650. The molecule has 1 aliphatic heterocycles. The number of unbranched alkanes of at least 4 members (excludes halogenated alkanes) is 1. The summed E-state index contributed by atoms with van der Waals surface area (Å²) in [6, 6.07) is 10.6. The van der Waals surface area contributed by atoms with Gasteiger partial charge in [0.1, 0.15) is 0 Å². The molecule has 3 aromatic rings. The first kappa shape index (κ1) is 28.8. The van der Waals surface area contributed by atoms with E-state index in [0.29, 0.717) is 46.6 Å². The van der Waals surface area contributed by atoms with Gasteiger partial charge < -0.3 is 18.6 Å².